The lowest BCUT2D eigenvalue weighted by Crippen LogP contribution is -2.39. The number of rotatable bonds is 6. The van der Waals surface area contributed by atoms with Gasteiger partial charge >= 0.3 is 5.69 Å². The summed E-state index contributed by atoms with van der Waals surface area (Å²) in [7, 11) is 3.35. The van der Waals surface area contributed by atoms with Gasteiger partial charge < -0.3 is 9.36 Å². The largest absolute Gasteiger partial charge is 0.332 e. The SMILES string of the molecule is CC(=O)CCCCCn1c(=O)c2c(ncn2C)n(C)c1=O. The van der Waals surface area contributed by atoms with Gasteiger partial charge in [0.05, 0.1) is 6.33 Å². The third-order valence-electron chi connectivity index (χ3n) is 3.61. The molecule has 2 heterocycles. The Bertz CT molecular complexity index is 782. The first kappa shape index (κ1) is 15.2. The zero-order valence-corrected chi connectivity index (χ0v) is 12.6. The van der Waals surface area contributed by atoms with Crippen LogP contribution in [-0.2, 0) is 25.4 Å². The average Bonchev–Trinajstić information content (AvgIpc) is 2.81. The first-order valence-electron chi connectivity index (χ1n) is 7.03. The average molecular weight is 292 g/mol. The predicted molar refractivity (Wildman–Crippen MR) is 79.4 cm³/mol. The van der Waals surface area contributed by atoms with Crippen molar-refractivity contribution in [2.75, 3.05) is 0 Å². The molecule has 0 amide bonds. The molecule has 2 rings (SSSR count). The number of carbonyl (C=O) groups excluding carboxylic acids is 1. The summed E-state index contributed by atoms with van der Waals surface area (Å²) in [5.74, 6) is 0.166. The molecule has 0 fully saturated rings. The monoisotopic (exact) mass is 292 g/mol. The second-order valence-corrected chi connectivity index (χ2v) is 5.34. The quantitative estimate of drug-likeness (QED) is 0.730. The highest BCUT2D eigenvalue weighted by Gasteiger charge is 2.14. The van der Waals surface area contributed by atoms with E-state index in [4.69, 9.17) is 0 Å². The van der Waals surface area contributed by atoms with Gasteiger partial charge in [0, 0.05) is 27.1 Å². The zero-order valence-electron chi connectivity index (χ0n) is 12.6. The van der Waals surface area contributed by atoms with Crippen molar-refractivity contribution in [2.24, 2.45) is 14.1 Å². The minimum atomic E-state index is -0.349. The summed E-state index contributed by atoms with van der Waals surface area (Å²) in [6.07, 6.45) is 4.39. The van der Waals surface area contributed by atoms with Gasteiger partial charge in [0.15, 0.2) is 11.2 Å². The van der Waals surface area contributed by atoms with Gasteiger partial charge in [-0.1, -0.05) is 6.42 Å². The number of Topliss-reactive ketones (excluding diaryl/α,β-unsaturated/α-hetero) is 1. The molecule has 2 aromatic heterocycles. The molecule has 0 radical (unpaired) electrons. The van der Waals surface area contributed by atoms with Crippen molar-refractivity contribution in [3.05, 3.63) is 27.2 Å². The Morgan fingerprint density at radius 3 is 2.57 bits per heavy atom. The second kappa shape index (κ2) is 6.07. The van der Waals surface area contributed by atoms with Crippen molar-refractivity contribution in [2.45, 2.75) is 39.2 Å². The lowest BCUT2D eigenvalue weighted by molar-refractivity contribution is -0.117. The smallest absolute Gasteiger partial charge is 0.328 e. The number of imidazole rings is 1. The summed E-state index contributed by atoms with van der Waals surface area (Å²) in [5.41, 5.74) is 0.179. The molecule has 7 heteroatoms. The first-order chi connectivity index (χ1) is 9.93. The van der Waals surface area contributed by atoms with Crippen LogP contribution in [0.15, 0.2) is 15.9 Å². The fourth-order valence-electron chi connectivity index (χ4n) is 2.41. The van der Waals surface area contributed by atoms with Crippen molar-refractivity contribution < 1.29 is 4.79 Å². The molecule has 0 bridgehead atoms. The van der Waals surface area contributed by atoms with E-state index in [0.717, 1.165) is 12.8 Å². The number of hydrogen-bond donors (Lipinski definition) is 0. The number of hydrogen-bond acceptors (Lipinski definition) is 4. The summed E-state index contributed by atoms with van der Waals surface area (Å²) in [4.78, 5) is 39.5. The lowest BCUT2D eigenvalue weighted by atomic mass is 10.1. The maximum atomic E-state index is 12.4. The topological polar surface area (TPSA) is 78.9 Å². The number of nitrogens with zero attached hydrogens (tertiary/aromatic N) is 4. The van der Waals surface area contributed by atoms with E-state index in [1.807, 2.05) is 0 Å². The number of aryl methyl sites for hydroxylation is 2. The van der Waals surface area contributed by atoms with E-state index in [9.17, 15) is 14.4 Å². The van der Waals surface area contributed by atoms with Gasteiger partial charge in [-0.25, -0.2) is 9.78 Å². The number of aromatic nitrogens is 4. The van der Waals surface area contributed by atoms with Crippen LogP contribution < -0.4 is 11.2 Å². The van der Waals surface area contributed by atoms with Gasteiger partial charge in [-0.3, -0.25) is 13.9 Å². The van der Waals surface area contributed by atoms with Crippen LogP contribution in [0.1, 0.15) is 32.6 Å². The van der Waals surface area contributed by atoms with Gasteiger partial charge in [0.25, 0.3) is 5.56 Å². The fourth-order valence-corrected chi connectivity index (χ4v) is 2.41. The molecule has 0 spiro atoms. The Labute approximate surface area is 121 Å². The predicted octanol–water partition coefficient (Wildman–Crippen LogP) is 0.583. The molecule has 0 unspecified atom stereocenters. The van der Waals surface area contributed by atoms with E-state index in [-0.39, 0.29) is 17.0 Å². The molecular weight excluding hydrogens is 272 g/mol. The molecule has 0 N–H and O–H groups in total. The van der Waals surface area contributed by atoms with E-state index in [0.29, 0.717) is 30.6 Å². The third-order valence-corrected chi connectivity index (χ3v) is 3.61. The lowest BCUT2D eigenvalue weighted by Gasteiger charge is -2.08. The highest BCUT2D eigenvalue weighted by Crippen LogP contribution is 2.05. The molecule has 21 heavy (non-hydrogen) atoms. The number of carbonyl (C=O) groups is 1. The highest BCUT2D eigenvalue weighted by molar-refractivity contribution is 5.75. The standard InChI is InChI=1S/C14H20N4O3/c1-10(19)7-5-4-6-8-18-13(20)11-12(15-9-16(11)2)17(3)14(18)21/h9H,4-8H2,1-3H3. The molecule has 0 aliphatic heterocycles. The van der Waals surface area contributed by atoms with Gasteiger partial charge in [0.2, 0.25) is 0 Å². The molecule has 0 aliphatic rings. The first-order valence-corrected chi connectivity index (χ1v) is 7.03. The minimum Gasteiger partial charge on any atom is -0.328 e. The second-order valence-electron chi connectivity index (χ2n) is 5.34. The van der Waals surface area contributed by atoms with Crippen LogP contribution in [0.4, 0.5) is 0 Å². The highest BCUT2D eigenvalue weighted by atomic mass is 16.2. The Morgan fingerprint density at radius 1 is 1.19 bits per heavy atom. The van der Waals surface area contributed by atoms with Crippen LogP contribution >= 0.6 is 0 Å². The van der Waals surface area contributed by atoms with Gasteiger partial charge in [0.1, 0.15) is 5.78 Å². The van der Waals surface area contributed by atoms with Crippen molar-refractivity contribution in [1.29, 1.82) is 0 Å². The Balaban J connectivity index is 2.24. The maximum Gasteiger partial charge on any atom is 0.332 e. The molecule has 2 aromatic rings. The van der Waals surface area contributed by atoms with Crippen molar-refractivity contribution in [1.82, 2.24) is 18.7 Å². The number of unbranched alkanes of at least 4 members (excludes halogenated alkanes) is 2. The van der Waals surface area contributed by atoms with E-state index >= 15 is 0 Å². The van der Waals surface area contributed by atoms with E-state index < -0.39 is 0 Å². The van der Waals surface area contributed by atoms with Crippen LogP contribution in [0.3, 0.4) is 0 Å². The van der Waals surface area contributed by atoms with Crippen molar-refractivity contribution >= 4 is 16.9 Å². The normalized spacial score (nSPS) is 11.2. The van der Waals surface area contributed by atoms with Crippen LogP contribution in [-0.4, -0.2) is 24.5 Å². The molecule has 0 saturated heterocycles. The van der Waals surface area contributed by atoms with Crippen LogP contribution in [0, 0.1) is 0 Å². The molecular formula is C14H20N4O3. The Kier molecular flexibility index (Phi) is 4.40. The van der Waals surface area contributed by atoms with Crippen LogP contribution in [0.5, 0.6) is 0 Å². The molecule has 0 atom stereocenters. The molecule has 0 saturated carbocycles. The zero-order chi connectivity index (χ0) is 15.6. The molecule has 7 nitrogen and oxygen atoms in total. The summed E-state index contributed by atoms with van der Waals surface area (Å²) in [5, 5.41) is 0. The van der Waals surface area contributed by atoms with E-state index in [1.165, 1.54) is 15.5 Å². The molecule has 0 aromatic carbocycles. The van der Waals surface area contributed by atoms with Gasteiger partial charge in [-0.05, 0) is 19.8 Å². The van der Waals surface area contributed by atoms with E-state index in [2.05, 4.69) is 4.98 Å². The number of ketones is 1. The molecule has 114 valence electrons. The summed E-state index contributed by atoms with van der Waals surface area (Å²) < 4.78 is 4.27. The van der Waals surface area contributed by atoms with E-state index in [1.54, 1.807) is 25.6 Å². The summed E-state index contributed by atoms with van der Waals surface area (Å²) in [6, 6.07) is 0. The van der Waals surface area contributed by atoms with Gasteiger partial charge in [-0.2, -0.15) is 0 Å². The molecule has 0 aliphatic carbocycles. The maximum absolute atomic E-state index is 12.4. The summed E-state index contributed by atoms with van der Waals surface area (Å²) in [6.45, 7) is 1.93. The number of fused-ring (bicyclic) bond motifs is 1. The van der Waals surface area contributed by atoms with Gasteiger partial charge in [-0.15, -0.1) is 0 Å². The minimum absolute atomic E-state index is 0.166. The van der Waals surface area contributed by atoms with Crippen molar-refractivity contribution in [3.63, 3.8) is 0 Å². The third kappa shape index (κ3) is 2.96. The van der Waals surface area contributed by atoms with Crippen molar-refractivity contribution in [3.8, 4) is 0 Å². The van der Waals surface area contributed by atoms with Crippen LogP contribution in [0.2, 0.25) is 0 Å². The summed E-state index contributed by atoms with van der Waals surface area (Å²) >= 11 is 0. The fraction of sp³-hybridized carbons (Fsp3) is 0.571. The Hall–Kier alpha value is -2.18. The van der Waals surface area contributed by atoms with Crippen LogP contribution in [0.25, 0.3) is 11.2 Å². The Morgan fingerprint density at radius 2 is 1.90 bits per heavy atom.